The number of phenols is 2. The Morgan fingerprint density at radius 2 is 1.70 bits per heavy atom. The number of aliphatic hydroxyl groups excluding tert-OH is 4. The molecule has 1 aliphatic rings. The van der Waals surface area contributed by atoms with Crippen LogP contribution in [0.1, 0.15) is 11.5 Å². The molecule has 4 rings (SSSR count). The lowest BCUT2D eigenvalue weighted by Gasteiger charge is -2.36. The van der Waals surface area contributed by atoms with Crippen molar-refractivity contribution in [3.8, 4) is 11.5 Å². The van der Waals surface area contributed by atoms with Gasteiger partial charge in [0.15, 0.2) is 0 Å². The summed E-state index contributed by atoms with van der Waals surface area (Å²) in [6.07, 6.45) is -4.83. The molecule has 9 heteroatoms. The van der Waals surface area contributed by atoms with Crippen molar-refractivity contribution in [1.82, 2.24) is 0 Å². The van der Waals surface area contributed by atoms with Crippen molar-refractivity contribution >= 4 is 21.9 Å². The average Bonchev–Trinajstić information content (AvgIpc) is 2.73. The second kappa shape index (κ2) is 7.86. The van der Waals surface area contributed by atoms with Gasteiger partial charge in [-0.25, -0.2) is 0 Å². The van der Waals surface area contributed by atoms with Crippen LogP contribution >= 0.6 is 0 Å². The third kappa shape index (κ3) is 3.21. The van der Waals surface area contributed by atoms with Crippen molar-refractivity contribution in [3.05, 3.63) is 46.1 Å². The van der Waals surface area contributed by atoms with Crippen LogP contribution in [-0.2, 0) is 4.74 Å². The molecule has 2 heterocycles. The van der Waals surface area contributed by atoms with E-state index in [0.29, 0.717) is 0 Å². The van der Waals surface area contributed by atoms with Crippen LogP contribution in [0, 0.1) is 5.92 Å². The van der Waals surface area contributed by atoms with Crippen molar-refractivity contribution in [3.63, 3.8) is 0 Å². The molecule has 1 aromatic heterocycles. The molecule has 0 radical (unpaired) electrons. The zero-order chi connectivity index (χ0) is 21.6. The van der Waals surface area contributed by atoms with E-state index in [-0.39, 0.29) is 40.7 Å². The molecule has 1 fully saturated rings. The van der Waals surface area contributed by atoms with Gasteiger partial charge in [-0.15, -0.1) is 0 Å². The van der Waals surface area contributed by atoms with Crippen LogP contribution in [0.5, 0.6) is 11.5 Å². The van der Waals surface area contributed by atoms with E-state index in [0.717, 1.165) is 6.07 Å². The van der Waals surface area contributed by atoms with Crippen LogP contribution in [0.4, 0.5) is 0 Å². The maximum Gasteiger partial charge on any atom is 0.204 e. The lowest BCUT2D eigenvalue weighted by atomic mass is 9.83. The summed E-state index contributed by atoms with van der Waals surface area (Å²) in [5.74, 6) is -3.04. The minimum absolute atomic E-state index is 0.0420. The van der Waals surface area contributed by atoms with Gasteiger partial charge in [-0.05, 0) is 12.1 Å². The highest BCUT2D eigenvalue weighted by atomic mass is 16.5. The lowest BCUT2D eigenvalue weighted by molar-refractivity contribution is -0.133. The molecule has 3 aromatic rings. The highest BCUT2D eigenvalue weighted by Gasteiger charge is 2.40. The van der Waals surface area contributed by atoms with Gasteiger partial charge >= 0.3 is 0 Å². The van der Waals surface area contributed by atoms with E-state index in [9.17, 15) is 35.4 Å². The summed E-state index contributed by atoms with van der Waals surface area (Å²) in [7, 11) is 0. The van der Waals surface area contributed by atoms with Gasteiger partial charge in [0.1, 0.15) is 34.2 Å². The molecule has 9 nitrogen and oxygen atoms in total. The minimum atomic E-state index is -1.68. The topological polar surface area (TPSA) is 161 Å². The third-order valence-corrected chi connectivity index (χ3v) is 5.69. The van der Waals surface area contributed by atoms with E-state index < -0.39 is 53.7 Å². The number of rotatable bonds is 2. The molecule has 0 amide bonds. The fraction of sp³-hybridized carbons (Fsp3) is 0.381. The minimum Gasteiger partial charge on any atom is -0.507 e. The van der Waals surface area contributed by atoms with Crippen molar-refractivity contribution in [2.24, 2.45) is 5.92 Å². The molecule has 6 N–H and O–H groups in total. The molecular formula is C21H22O9. The van der Waals surface area contributed by atoms with Gasteiger partial charge in [0.25, 0.3) is 0 Å². The normalized spacial score (nSPS) is 27.8. The predicted octanol–water partition coefficient (Wildman–Crippen LogP) is 0.162. The number of fused-ring (bicyclic) bond motifs is 2. The summed E-state index contributed by atoms with van der Waals surface area (Å²) in [5.41, 5.74) is -0.483. The molecule has 0 aliphatic carbocycles. The predicted molar refractivity (Wildman–Crippen MR) is 105 cm³/mol. The van der Waals surface area contributed by atoms with Crippen molar-refractivity contribution in [2.45, 2.75) is 24.2 Å². The molecule has 0 bridgehead atoms. The van der Waals surface area contributed by atoms with E-state index in [1.807, 2.05) is 0 Å². The maximum atomic E-state index is 12.9. The smallest absolute Gasteiger partial charge is 0.204 e. The van der Waals surface area contributed by atoms with Crippen LogP contribution in [0.3, 0.4) is 0 Å². The quantitative estimate of drug-likeness (QED) is 0.319. The van der Waals surface area contributed by atoms with Crippen molar-refractivity contribution < 1.29 is 39.8 Å². The Bertz CT molecular complexity index is 1140. The average molecular weight is 418 g/mol. The zero-order valence-corrected chi connectivity index (χ0v) is 15.8. The Hall–Kier alpha value is -2.69. The first-order chi connectivity index (χ1) is 14.3. The fourth-order valence-corrected chi connectivity index (χ4v) is 3.99. The second-order valence-electron chi connectivity index (χ2n) is 7.52. The first kappa shape index (κ1) is 20.6. The summed E-state index contributed by atoms with van der Waals surface area (Å²) in [4.78, 5) is 12.9. The molecule has 160 valence electrons. The number of aromatic hydroxyl groups is 2. The Morgan fingerprint density at radius 1 is 0.967 bits per heavy atom. The van der Waals surface area contributed by atoms with Crippen molar-refractivity contribution in [1.29, 1.82) is 0 Å². The Balaban J connectivity index is 1.88. The Labute approximate surface area is 170 Å². The van der Waals surface area contributed by atoms with E-state index in [2.05, 4.69) is 0 Å². The highest BCUT2D eigenvalue weighted by molar-refractivity contribution is 5.95. The largest absolute Gasteiger partial charge is 0.507 e. The third-order valence-electron chi connectivity index (χ3n) is 5.69. The molecule has 0 unspecified atom stereocenters. The van der Waals surface area contributed by atoms with Crippen LogP contribution in [0.25, 0.3) is 21.9 Å². The van der Waals surface area contributed by atoms with Gasteiger partial charge in [-0.3, -0.25) is 4.79 Å². The number of aliphatic hydroxyl groups is 4. The summed E-state index contributed by atoms with van der Waals surface area (Å²) in [6.45, 7) is -0.816. The Kier molecular flexibility index (Phi) is 5.39. The van der Waals surface area contributed by atoms with Crippen LogP contribution in [0.15, 0.2) is 39.5 Å². The first-order valence-electron chi connectivity index (χ1n) is 9.48. The van der Waals surface area contributed by atoms with Gasteiger partial charge in [-0.1, -0.05) is 12.1 Å². The molecular weight excluding hydrogens is 396 g/mol. The molecule has 1 saturated heterocycles. The number of benzene rings is 2. The zero-order valence-electron chi connectivity index (χ0n) is 15.8. The number of hydrogen-bond acceptors (Lipinski definition) is 9. The lowest BCUT2D eigenvalue weighted by Crippen LogP contribution is -2.49. The standard InChI is InChI=1S/C21H22O9/c22-6-9-7-29-8-11(19(26)21(28)17(9)24)15-12(23)5-14-16(20(15)27)18(25)10-3-1-2-4-13(10)30-14/h1-5,9,11,17,19,21-24,26-28H,6-8H2/t9-,11+,17+,19-,21+/m1/s1. The highest BCUT2D eigenvalue weighted by Crippen LogP contribution is 2.42. The van der Waals surface area contributed by atoms with E-state index in [1.54, 1.807) is 18.2 Å². The summed E-state index contributed by atoms with van der Waals surface area (Å²) in [5, 5.41) is 62.0. The van der Waals surface area contributed by atoms with Crippen LogP contribution < -0.4 is 5.43 Å². The second-order valence-corrected chi connectivity index (χ2v) is 7.52. The van der Waals surface area contributed by atoms with Gasteiger partial charge in [-0.2, -0.15) is 0 Å². The number of ether oxygens (including phenoxy) is 1. The molecule has 5 atom stereocenters. The molecule has 1 aliphatic heterocycles. The van der Waals surface area contributed by atoms with Gasteiger partial charge in [0.2, 0.25) is 5.43 Å². The summed E-state index contributed by atoms with van der Waals surface area (Å²) >= 11 is 0. The van der Waals surface area contributed by atoms with Gasteiger partial charge < -0.3 is 39.8 Å². The van der Waals surface area contributed by atoms with Gasteiger partial charge in [0, 0.05) is 23.5 Å². The SMILES string of the molecule is O=c1c2ccccc2oc2cc(O)c([C@@H]3COC[C@@H](CO)[C@H](O)[C@H](O)[C@@H]3O)c(O)c12. The van der Waals surface area contributed by atoms with Crippen LogP contribution in [-0.4, -0.2) is 68.8 Å². The molecule has 0 spiro atoms. The first-order valence-corrected chi connectivity index (χ1v) is 9.48. The summed E-state index contributed by atoms with van der Waals surface area (Å²) in [6, 6.07) is 7.60. The van der Waals surface area contributed by atoms with E-state index >= 15 is 0 Å². The molecule has 30 heavy (non-hydrogen) atoms. The maximum absolute atomic E-state index is 12.9. The number of hydrogen-bond donors (Lipinski definition) is 6. The number of para-hydroxylation sites is 1. The molecule has 0 saturated carbocycles. The van der Waals surface area contributed by atoms with Crippen LogP contribution in [0.2, 0.25) is 0 Å². The fourth-order valence-electron chi connectivity index (χ4n) is 3.99. The van der Waals surface area contributed by atoms with Gasteiger partial charge in [0.05, 0.1) is 37.4 Å². The van der Waals surface area contributed by atoms with Crippen molar-refractivity contribution in [2.75, 3.05) is 19.8 Å². The number of phenolic OH excluding ortho intramolecular Hbond substituents is 2. The summed E-state index contributed by atoms with van der Waals surface area (Å²) < 4.78 is 11.1. The Morgan fingerprint density at radius 3 is 2.43 bits per heavy atom. The monoisotopic (exact) mass is 418 g/mol. The van der Waals surface area contributed by atoms with E-state index in [1.165, 1.54) is 6.07 Å². The van der Waals surface area contributed by atoms with E-state index in [4.69, 9.17) is 9.15 Å². The molecule has 2 aromatic carbocycles.